The normalized spacial score (nSPS) is 23.5. The molecule has 1 aromatic heterocycles. The van der Waals surface area contributed by atoms with E-state index in [4.69, 9.17) is 0 Å². The first-order chi connectivity index (χ1) is 11.2. The van der Waals surface area contributed by atoms with Crippen molar-refractivity contribution in [3.63, 3.8) is 0 Å². The van der Waals surface area contributed by atoms with Gasteiger partial charge in [0.15, 0.2) is 0 Å². The highest BCUT2D eigenvalue weighted by Gasteiger charge is 2.41. The SMILES string of the molecule is CC(C)[C@@H](C)NCc1nc(C2CCC(C(F)(F)F)CC2)ccc1F. The number of nitrogens with zero attached hydrogens (tertiary/aromatic N) is 1. The molecule has 0 amide bonds. The van der Waals surface area contributed by atoms with Crippen LogP contribution in [0.2, 0.25) is 0 Å². The molecule has 0 saturated heterocycles. The Morgan fingerprint density at radius 3 is 2.29 bits per heavy atom. The molecule has 24 heavy (non-hydrogen) atoms. The molecule has 0 bridgehead atoms. The number of alkyl halides is 3. The van der Waals surface area contributed by atoms with E-state index >= 15 is 0 Å². The number of halogens is 4. The molecule has 1 saturated carbocycles. The third-order valence-corrected chi connectivity index (χ3v) is 5.14. The van der Waals surface area contributed by atoms with E-state index in [0.717, 1.165) is 0 Å². The Labute approximate surface area is 141 Å². The molecule has 0 radical (unpaired) electrons. The van der Waals surface area contributed by atoms with Crippen LogP contribution in [0.25, 0.3) is 0 Å². The molecule has 1 heterocycles. The Kier molecular flexibility index (Phi) is 6.23. The number of hydrogen-bond acceptors (Lipinski definition) is 2. The highest BCUT2D eigenvalue weighted by molar-refractivity contribution is 5.17. The monoisotopic (exact) mass is 346 g/mol. The number of pyridine rings is 1. The second-order valence-electron chi connectivity index (χ2n) is 7.17. The van der Waals surface area contributed by atoms with E-state index in [9.17, 15) is 17.6 Å². The molecule has 1 atom stereocenters. The van der Waals surface area contributed by atoms with Crippen molar-refractivity contribution in [1.29, 1.82) is 0 Å². The number of aromatic nitrogens is 1. The van der Waals surface area contributed by atoms with Crippen LogP contribution in [-0.4, -0.2) is 17.2 Å². The molecule has 136 valence electrons. The maximum absolute atomic E-state index is 14.0. The molecule has 2 rings (SSSR count). The van der Waals surface area contributed by atoms with Gasteiger partial charge in [-0.2, -0.15) is 13.2 Å². The van der Waals surface area contributed by atoms with Gasteiger partial charge in [0.1, 0.15) is 5.82 Å². The lowest BCUT2D eigenvalue weighted by atomic mass is 9.80. The second kappa shape index (κ2) is 7.81. The highest BCUT2D eigenvalue weighted by Crippen LogP contribution is 2.42. The Balaban J connectivity index is 2.01. The molecule has 0 aliphatic heterocycles. The first-order valence-electron chi connectivity index (χ1n) is 8.64. The summed E-state index contributed by atoms with van der Waals surface area (Å²) >= 11 is 0. The van der Waals surface area contributed by atoms with Crippen LogP contribution >= 0.6 is 0 Å². The van der Waals surface area contributed by atoms with Crippen LogP contribution in [0.1, 0.15) is 63.8 Å². The van der Waals surface area contributed by atoms with Gasteiger partial charge in [-0.15, -0.1) is 0 Å². The van der Waals surface area contributed by atoms with Gasteiger partial charge < -0.3 is 5.32 Å². The zero-order chi connectivity index (χ0) is 17.9. The minimum absolute atomic E-state index is 0.00882. The molecule has 2 nitrogen and oxygen atoms in total. The number of rotatable bonds is 5. The van der Waals surface area contributed by atoms with Crippen molar-refractivity contribution in [2.24, 2.45) is 11.8 Å². The Hall–Kier alpha value is -1.17. The quantitative estimate of drug-likeness (QED) is 0.742. The maximum atomic E-state index is 14.0. The second-order valence-corrected chi connectivity index (χ2v) is 7.17. The van der Waals surface area contributed by atoms with Crippen molar-refractivity contribution in [2.45, 2.75) is 71.1 Å². The van der Waals surface area contributed by atoms with Crippen molar-refractivity contribution >= 4 is 0 Å². The van der Waals surface area contributed by atoms with Crippen LogP contribution in [0.5, 0.6) is 0 Å². The molecule has 0 unspecified atom stereocenters. The predicted octanol–water partition coefficient (Wildman–Crippen LogP) is 5.19. The molecule has 1 N–H and O–H groups in total. The molecule has 0 spiro atoms. The van der Waals surface area contributed by atoms with Crippen LogP contribution in [0.4, 0.5) is 17.6 Å². The fourth-order valence-electron chi connectivity index (χ4n) is 3.06. The number of hydrogen-bond donors (Lipinski definition) is 1. The van der Waals surface area contributed by atoms with E-state index in [1.54, 1.807) is 6.07 Å². The maximum Gasteiger partial charge on any atom is 0.391 e. The van der Waals surface area contributed by atoms with Crippen LogP contribution in [0, 0.1) is 17.7 Å². The van der Waals surface area contributed by atoms with E-state index < -0.39 is 12.1 Å². The molecule has 6 heteroatoms. The Morgan fingerprint density at radius 2 is 1.75 bits per heavy atom. The van der Waals surface area contributed by atoms with Gasteiger partial charge in [-0.3, -0.25) is 4.98 Å². The summed E-state index contributed by atoms with van der Waals surface area (Å²) in [6.45, 7) is 6.52. The minimum atomic E-state index is -4.11. The first kappa shape index (κ1) is 19.2. The van der Waals surface area contributed by atoms with Crippen LogP contribution in [0.3, 0.4) is 0 Å². The van der Waals surface area contributed by atoms with Crippen LogP contribution in [-0.2, 0) is 6.54 Å². The standard InChI is InChI=1S/C18H26F4N2/c1-11(2)12(3)23-10-17-15(19)8-9-16(24-17)13-4-6-14(7-5-13)18(20,21)22/h8-9,11-14,23H,4-7,10H2,1-3H3/t12-,13?,14?/m1/s1. The van der Waals surface area contributed by atoms with Crippen molar-refractivity contribution in [3.8, 4) is 0 Å². The topological polar surface area (TPSA) is 24.9 Å². The van der Waals surface area contributed by atoms with Crippen molar-refractivity contribution < 1.29 is 17.6 Å². The zero-order valence-electron chi connectivity index (χ0n) is 14.5. The molecular formula is C18H26F4N2. The van der Waals surface area contributed by atoms with Gasteiger partial charge in [-0.1, -0.05) is 13.8 Å². The van der Waals surface area contributed by atoms with Gasteiger partial charge in [0.05, 0.1) is 11.6 Å². The van der Waals surface area contributed by atoms with Crippen molar-refractivity contribution in [1.82, 2.24) is 10.3 Å². The number of nitrogens with one attached hydrogen (secondary N) is 1. The fourth-order valence-corrected chi connectivity index (χ4v) is 3.06. The Bertz CT molecular complexity index is 534. The molecule has 1 fully saturated rings. The third kappa shape index (κ3) is 4.91. The average molecular weight is 346 g/mol. The van der Waals surface area contributed by atoms with Gasteiger partial charge >= 0.3 is 6.18 Å². The van der Waals surface area contributed by atoms with E-state index in [1.807, 2.05) is 6.92 Å². The van der Waals surface area contributed by atoms with Gasteiger partial charge in [0.25, 0.3) is 0 Å². The molecule has 0 aromatic carbocycles. The Morgan fingerprint density at radius 1 is 1.12 bits per heavy atom. The van der Waals surface area contributed by atoms with E-state index in [0.29, 0.717) is 36.7 Å². The summed E-state index contributed by atoms with van der Waals surface area (Å²) in [6.07, 6.45) is -2.93. The molecule has 1 aliphatic carbocycles. The van der Waals surface area contributed by atoms with Crippen LogP contribution < -0.4 is 5.32 Å². The summed E-state index contributed by atoms with van der Waals surface area (Å²) in [6, 6.07) is 3.23. The van der Waals surface area contributed by atoms with Gasteiger partial charge in [-0.05, 0) is 50.7 Å². The van der Waals surface area contributed by atoms with Crippen molar-refractivity contribution in [2.75, 3.05) is 0 Å². The van der Waals surface area contributed by atoms with Gasteiger partial charge in [0.2, 0.25) is 0 Å². The summed E-state index contributed by atoms with van der Waals surface area (Å²) < 4.78 is 52.2. The lowest BCUT2D eigenvalue weighted by Crippen LogP contribution is -2.31. The zero-order valence-corrected chi connectivity index (χ0v) is 14.5. The van der Waals surface area contributed by atoms with Gasteiger partial charge in [-0.25, -0.2) is 4.39 Å². The van der Waals surface area contributed by atoms with Crippen molar-refractivity contribution in [3.05, 3.63) is 29.3 Å². The highest BCUT2D eigenvalue weighted by atomic mass is 19.4. The first-order valence-corrected chi connectivity index (χ1v) is 8.64. The summed E-state index contributed by atoms with van der Waals surface area (Å²) in [5, 5.41) is 3.25. The summed E-state index contributed by atoms with van der Waals surface area (Å²) in [5.41, 5.74) is 1.06. The lowest BCUT2D eigenvalue weighted by molar-refractivity contribution is -0.182. The third-order valence-electron chi connectivity index (χ3n) is 5.14. The fraction of sp³-hybridized carbons (Fsp3) is 0.722. The van der Waals surface area contributed by atoms with E-state index in [2.05, 4.69) is 24.1 Å². The lowest BCUT2D eigenvalue weighted by Gasteiger charge is -2.29. The predicted molar refractivity (Wildman–Crippen MR) is 86.1 cm³/mol. The largest absolute Gasteiger partial charge is 0.391 e. The molecular weight excluding hydrogens is 320 g/mol. The molecule has 1 aliphatic rings. The van der Waals surface area contributed by atoms with Crippen LogP contribution in [0.15, 0.2) is 12.1 Å². The van der Waals surface area contributed by atoms with E-state index in [-0.39, 0.29) is 30.6 Å². The van der Waals surface area contributed by atoms with Gasteiger partial charge in [0, 0.05) is 24.2 Å². The summed E-state index contributed by atoms with van der Waals surface area (Å²) in [5.74, 6) is -1.16. The summed E-state index contributed by atoms with van der Waals surface area (Å²) in [4.78, 5) is 4.40. The summed E-state index contributed by atoms with van der Waals surface area (Å²) in [7, 11) is 0. The minimum Gasteiger partial charge on any atom is -0.308 e. The van der Waals surface area contributed by atoms with E-state index in [1.165, 1.54) is 6.07 Å². The molecule has 1 aromatic rings. The average Bonchev–Trinajstić information content (AvgIpc) is 2.53. The smallest absolute Gasteiger partial charge is 0.308 e.